The maximum absolute atomic E-state index is 13.4. The van der Waals surface area contributed by atoms with Crippen molar-refractivity contribution >= 4 is 11.6 Å². The summed E-state index contributed by atoms with van der Waals surface area (Å²) in [7, 11) is 1.67. The fourth-order valence-corrected chi connectivity index (χ4v) is 1.80. The second-order valence-electron chi connectivity index (χ2n) is 4.63. The standard InChI is InChI=1S/C16H17FN2O2/c1-19(16(20)12-6-8-13(18)9-7-12)10-11-21-15-5-3-2-4-14(15)17/h2-9H,10-11,18H2,1H3. The van der Waals surface area contributed by atoms with Gasteiger partial charge < -0.3 is 15.4 Å². The number of ether oxygens (including phenoxy) is 1. The van der Waals surface area contributed by atoms with Gasteiger partial charge in [0.15, 0.2) is 11.6 Å². The molecule has 2 aromatic rings. The van der Waals surface area contributed by atoms with Crippen molar-refractivity contribution in [3.63, 3.8) is 0 Å². The Balaban J connectivity index is 1.87. The number of likely N-dealkylation sites (N-methyl/N-ethyl adjacent to an activating group) is 1. The number of rotatable bonds is 5. The summed E-state index contributed by atoms with van der Waals surface area (Å²) >= 11 is 0. The number of amides is 1. The summed E-state index contributed by atoms with van der Waals surface area (Å²) in [5.74, 6) is -0.358. The minimum atomic E-state index is -0.412. The van der Waals surface area contributed by atoms with Gasteiger partial charge in [-0.3, -0.25) is 4.79 Å². The van der Waals surface area contributed by atoms with E-state index in [-0.39, 0.29) is 18.3 Å². The second-order valence-corrected chi connectivity index (χ2v) is 4.63. The number of hydrogen-bond donors (Lipinski definition) is 1. The number of benzene rings is 2. The third-order valence-corrected chi connectivity index (χ3v) is 3.03. The monoisotopic (exact) mass is 288 g/mol. The predicted molar refractivity (Wildman–Crippen MR) is 79.7 cm³/mol. The molecular formula is C16H17FN2O2. The lowest BCUT2D eigenvalue weighted by Crippen LogP contribution is -2.30. The second kappa shape index (κ2) is 6.74. The van der Waals surface area contributed by atoms with Crippen LogP contribution in [-0.2, 0) is 0 Å². The Morgan fingerprint density at radius 3 is 2.52 bits per heavy atom. The van der Waals surface area contributed by atoms with E-state index in [4.69, 9.17) is 10.5 Å². The highest BCUT2D eigenvalue weighted by Gasteiger charge is 2.11. The molecule has 0 unspecified atom stereocenters. The molecule has 0 heterocycles. The molecule has 4 nitrogen and oxygen atoms in total. The molecule has 0 aliphatic rings. The zero-order valence-electron chi connectivity index (χ0n) is 11.8. The number of carbonyl (C=O) groups excluding carboxylic acids is 1. The lowest BCUT2D eigenvalue weighted by molar-refractivity contribution is 0.0773. The maximum atomic E-state index is 13.4. The molecule has 0 aromatic heterocycles. The number of carbonyl (C=O) groups is 1. The van der Waals surface area contributed by atoms with Crippen LogP contribution < -0.4 is 10.5 Å². The molecule has 0 fully saturated rings. The van der Waals surface area contributed by atoms with Crippen LogP contribution in [0.3, 0.4) is 0 Å². The van der Waals surface area contributed by atoms with E-state index in [1.54, 1.807) is 49.5 Å². The first-order chi connectivity index (χ1) is 10.1. The smallest absolute Gasteiger partial charge is 0.253 e. The molecule has 21 heavy (non-hydrogen) atoms. The lowest BCUT2D eigenvalue weighted by Gasteiger charge is -2.17. The van der Waals surface area contributed by atoms with Crippen molar-refractivity contribution in [3.05, 3.63) is 59.9 Å². The van der Waals surface area contributed by atoms with Crippen LogP contribution in [0.25, 0.3) is 0 Å². The van der Waals surface area contributed by atoms with Crippen molar-refractivity contribution in [1.29, 1.82) is 0 Å². The minimum absolute atomic E-state index is 0.132. The maximum Gasteiger partial charge on any atom is 0.253 e. The predicted octanol–water partition coefficient (Wildman–Crippen LogP) is 2.56. The van der Waals surface area contributed by atoms with Crippen molar-refractivity contribution in [2.45, 2.75) is 0 Å². The molecule has 0 saturated heterocycles. The normalized spacial score (nSPS) is 10.2. The molecule has 0 bridgehead atoms. The molecule has 5 heteroatoms. The Kier molecular flexibility index (Phi) is 4.77. The van der Waals surface area contributed by atoms with Gasteiger partial charge in [-0.1, -0.05) is 12.1 Å². The van der Waals surface area contributed by atoms with E-state index < -0.39 is 5.82 Å². The van der Waals surface area contributed by atoms with Gasteiger partial charge in [-0.05, 0) is 36.4 Å². The third kappa shape index (κ3) is 3.95. The minimum Gasteiger partial charge on any atom is -0.489 e. The van der Waals surface area contributed by atoms with E-state index >= 15 is 0 Å². The number of anilines is 1. The topological polar surface area (TPSA) is 55.6 Å². The van der Waals surface area contributed by atoms with Crippen LogP contribution in [0.4, 0.5) is 10.1 Å². The molecule has 0 spiro atoms. The molecule has 2 rings (SSSR count). The number of nitrogens with zero attached hydrogens (tertiary/aromatic N) is 1. The van der Waals surface area contributed by atoms with Gasteiger partial charge in [0.05, 0.1) is 6.54 Å². The SMILES string of the molecule is CN(CCOc1ccccc1F)C(=O)c1ccc(N)cc1. The van der Waals surface area contributed by atoms with Crippen molar-refractivity contribution in [2.75, 3.05) is 25.9 Å². The molecule has 2 N–H and O–H groups in total. The van der Waals surface area contributed by atoms with Crippen LogP contribution in [0.5, 0.6) is 5.75 Å². The van der Waals surface area contributed by atoms with E-state index in [0.717, 1.165) is 0 Å². The first-order valence-electron chi connectivity index (χ1n) is 6.56. The molecular weight excluding hydrogens is 271 g/mol. The highest BCUT2D eigenvalue weighted by molar-refractivity contribution is 5.94. The van der Waals surface area contributed by atoms with E-state index in [9.17, 15) is 9.18 Å². The molecule has 1 amide bonds. The van der Waals surface area contributed by atoms with Crippen molar-refractivity contribution in [1.82, 2.24) is 4.90 Å². The Labute approximate surface area is 122 Å². The Morgan fingerprint density at radius 1 is 1.19 bits per heavy atom. The van der Waals surface area contributed by atoms with Gasteiger partial charge in [-0.15, -0.1) is 0 Å². The zero-order chi connectivity index (χ0) is 15.2. The summed E-state index contributed by atoms with van der Waals surface area (Å²) in [6, 6.07) is 12.9. The van der Waals surface area contributed by atoms with E-state index in [1.165, 1.54) is 11.0 Å². The van der Waals surface area contributed by atoms with Gasteiger partial charge in [0.2, 0.25) is 0 Å². The average Bonchev–Trinajstić information content (AvgIpc) is 2.49. The summed E-state index contributed by atoms with van der Waals surface area (Å²) in [4.78, 5) is 13.6. The highest BCUT2D eigenvalue weighted by atomic mass is 19.1. The van der Waals surface area contributed by atoms with Crippen LogP contribution in [0.15, 0.2) is 48.5 Å². The largest absolute Gasteiger partial charge is 0.489 e. The Bertz CT molecular complexity index is 614. The van der Waals surface area contributed by atoms with Crippen LogP contribution in [0.2, 0.25) is 0 Å². The first kappa shape index (κ1) is 14.8. The number of nitrogen functional groups attached to an aromatic ring is 1. The number of nitrogens with two attached hydrogens (primary N) is 1. The quantitative estimate of drug-likeness (QED) is 0.860. The zero-order valence-corrected chi connectivity index (χ0v) is 11.8. The molecule has 0 radical (unpaired) electrons. The van der Waals surface area contributed by atoms with Gasteiger partial charge in [0, 0.05) is 18.3 Å². The summed E-state index contributed by atoms with van der Waals surface area (Å²) in [5, 5.41) is 0. The van der Waals surface area contributed by atoms with Gasteiger partial charge in [0.1, 0.15) is 6.61 Å². The number of halogens is 1. The third-order valence-electron chi connectivity index (χ3n) is 3.03. The molecule has 2 aromatic carbocycles. The Morgan fingerprint density at radius 2 is 1.86 bits per heavy atom. The number of para-hydroxylation sites is 1. The van der Waals surface area contributed by atoms with Crippen molar-refractivity contribution < 1.29 is 13.9 Å². The Hall–Kier alpha value is -2.56. The summed E-state index contributed by atoms with van der Waals surface area (Å²) in [6.45, 7) is 0.579. The average molecular weight is 288 g/mol. The van der Waals surface area contributed by atoms with E-state index in [1.807, 2.05) is 0 Å². The molecule has 0 atom stereocenters. The molecule has 0 aliphatic heterocycles. The first-order valence-corrected chi connectivity index (χ1v) is 6.56. The van der Waals surface area contributed by atoms with Gasteiger partial charge in [0.25, 0.3) is 5.91 Å². The molecule has 0 saturated carbocycles. The lowest BCUT2D eigenvalue weighted by atomic mass is 10.2. The van der Waals surface area contributed by atoms with Gasteiger partial charge in [-0.2, -0.15) is 0 Å². The summed E-state index contributed by atoms with van der Waals surface area (Å²) in [6.07, 6.45) is 0. The van der Waals surface area contributed by atoms with Crippen molar-refractivity contribution in [2.24, 2.45) is 0 Å². The van der Waals surface area contributed by atoms with Crippen LogP contribution in [0, 0.1) is 5.82 Å². The van der Waals surface area contributed by atoms with E-state index in [0.29, 0.717) is 17.8 Å². The van der Waals surface area contributed by atoms with Crippen molar-refractivity contribution in [3.8, 4) is 5.75 Å². The number of hydrogen-bond acceptors (Lipinski definition) is 3. The van der Waals surface area contributed by atoms with Gasteiger partial charge in [-0.25, -0.2) is 4.39 Å². The van der Waals surface area contributed by atoms with Crippen LogP contribution >= 0.6 is 0 Å². The summed E-state index contributed by atoms with van der Waals surface area (Å²) in [5.41, 5.74) is 6.74. The fraction of sp³-hybridized carbons (Fsp3) is 0.188. The molecule has 0 aliphatic carbocycles. The fourth-order valence-electron chi connectivity index (χ4n) is 1.80. The van der Waals surface area contributed by atoms with Crippen LogP contribution in [-0.4, -0.2) is 31.0 Å². The highest BCUT2D eigenvalue weighted by Crippen LogP contribution is 2.15. The summed E-state index contributed by atoms with van der Waals surface area (Å²) < 4.78 is 18.7. The van der Waals surface area contributed by atoms with Crippen LogP contribution in [0.1, 0.15) is 10.4 Å². The van der Waals surface area contributed by atoms with E-state index in [2.05, 4.69) is 0 Å². The molecule has 110 valence electrons. The van der Waals surface area contributed by atoms with Gasteiger partial charge >= 0.3 is 0 Å².